The first-order chi connectivity index (χ1) is 12.1. The monoisotopic (exact) mass is 371 g/mol. The average molecular weight is 371 g/mol. The van der Waals surface area contributed by atoms with E-state index in [9.17, 15) is 28.8 Å². The molecule has 1 rings (SSSR count). The first-order valence-electron chi connectivity index (χ1n) is 7.46. The smallest absolute Gasteiger partial charge is 0.303 e. The van der Waals surface area contributed by atoms with Crippen molar-refractivity contribution >= 4 is 23.9 Å². The lowest BCUT2D eigenvalue weighted by Gasteiger charge is -2.29. The number of rotatable bonds is 5. The van der Waals surface area contributed by atoms with Crippen LogP contribution < -0.4 is 0 Å². The van der Waals surface area contributed by atoms with Gasteiger partial charge in [0.05, 0.1) is 12.4 Å². The van der Waals surface area contributed by atoms with Crippen LogP contribution in [0, 0.1) is 16.7 Å². The van der Waals surface area contributed by atoms with Gasteiger partial charge in [-0.2, -0.15) is 5.26 Å². The van der Waals surface area contributed by atoms with E-state index in [1.807, 2.05) is 0 Å². The fourth-order valence-corrected chi connectivity index (χ4v) is 2.71. The predicted molar refractivity (Wildman–Crippen MR) is 80.5 cm³/mol. The van der Waals surface area contributed by atoms with Gasteiger partial charge in [0.1, 0.15) is 6.61 Å². The van der Waals surface area contributed by atoms with E-state index in [0.717, 1.165) is 27.7 Å². The van der Waals surface area contributed by atoms with Gasteiger partial charge in [-0.1, -0.05) is 0 Å². The number of ether oxygens (including phenoxy) is 4. The molecule has 0 amide bonds. The number of hydrogen-bond acceptors (Lipinski definition) is 9. The van der Waals surface area contributed by atoms with Crippen LogP contribution in [0.2, 0.25) is 0 Å². The van der Waals surface area contributed by atoms with Gasteiger partial charge in [-0.15, -0.1) is 0 Å². The molecular formula is C16H18FNO8. The molecule has 1 aliphatic carbocycles. The summed E-state index contributed by atoms with van der Waals surface area (Å²) in [4.78, 5) is 45.5. The number of carbonyl (C=O) groups is 4. The van der Waals surface area contributed by atoms with Crippen LogP contribution in [0.5, 0.6) is 0 Å². The molecule has 0 aliphatic heterocycles. The van der Waals surface area contributed by atoms with E-state index >= 15 is 0 Å². The van der Waals surface area contributed by atoms with Gasteiger partial charge in [0.25, 0.3) is 0 Å². The lowest BCUT2D eigenvalue weighted by molar-refractivity contribution is -0.178. The van der Waals surface area contributed by atoms with Crippen molar-refractivity contribution in [2.45, 2.75) is 46.0 Å². The molecule has 26 heavy (non-hydrogen) atoms. The lowest BCUT2D eigenvalue weighted by atomic mass is 9.82. The molecule has 0 spiro atoms. The Kier molecular flexibility index (Phi) is 6.83. The maximum atomic E-state index is 13.7. The van der Waals surface area contributed by atoms with Gasteiger partial charge in [0.2, 0.25) is 0 Å². The third kappa shape index (κ3) is 4.36. The number of carbonyl (C=O) groups excluding carboxylic acids is 4. The van der Waals surface area contributed by atoms with Crippen LogP contribution in [0.4, 0.5) is 4.39 Å². The van der Waals surface area contributed by atoms with Crippen LogP contribution in [0.15, 0.2) is 11.9 Å². The van der Waals surface area contributed by atoms with Crippen molar-refractivity contribution in [2.24, 2.45) is 5.41 Å². The second-order valence-electron chi connectivity index (χ2n) is 5.56. The van der Waals surface area contributed by atoms with Crippen molar-refractivity contribution in [2.75, 3.05) is 6.61 Å². The molecule has 0 heterocycles. The summed E-state index contributed by atoms with van der Waals surface area (Å²) in [5, 5.41) is 9.70. The van der Waals surface area contributed by atoms with Gasteiger partial charge in [0, 0.05) is 33.3 Å². The summed E-state index contributed by atoms with van der Waals surface area (Å²) in [6, 6.07) is 1.75. The molecule has 0 unspecified atom stereocenters. The Balaban J connectivity index is 3.55. The highest BCUT2D eigenvalue weighted by atomic mass is 19.1. The number of esters is 4. The van der Waals surface area contributed by atoms with Gasteiger partial charge < -0.3 is 18.9 Å². The first kappa shape index (κ1) is 21.1. The Bertz CT molecular complexity index is 682. The van der Waals surface area contributed by atoms with Crippen molar-refractivity contribution in [1.29, 1.82) is 5.26 Å². The van der Waals surface area contributed by atoms with Crippen LogP contribution in [0.25, 0.3) is 0 Å². The van der Waals surface area contributed by atoms with E-state index < -0.39 is 59.8 Å². The fourth-order valence-electron chi connectivity index (χ4n) is 2.71. The molecule has 0 saturated heterocycles. The minimum Gasteiger partial charge on any atom is -0.464 e. The van der Waals surface area contributed by atoms with Crippen LogP contribution in [-0.2, 0) is 38.1 Å². The fraction of sp³-hybridized carbons (Fsp3) is 0.562. The van der Waals surface area contributed by atoms with Crippen molar-refractivity contribution in [1.82, 2.24) is 0 Å². The molecule has 1 saturated carbocycles. The molecule has 0 aromatic heterocycles. The van der Waals surface area contributed by atoms with Crippen molar-refractivity contribution < 1.29 is 42.5 Å². The maximum absolute atomic E-state index is 13.7. The van der Waals surface area contributed by atoms with Crippen molar-refractivity contribution in [3.63, 3.8) is 0 Å². The van der Waals surface area contributed by atoms with Crippen LogP contribution >= 0.6 is 0 Å². The van der Waals surface area contributed by atoms with Crippen molar-refractivity contribution in [3.05, 3.63) is 11.9 Å². The second-order valence-corrected chi connectivity index (χ2v) is 5.56. The van der Waals surface area contributed by atoms with E-state index in [1.54, 1.807) is 6.07 Å². The molecule has 10 heteroatoms. The zero-order valence-electron chi connectivity index (χ0n) is 14.6. The summed E-state index contributed by atoms with van der Waals surface area (Å²) < 4.78 is 33.6. The second kappa shape index (κ2) is 8.42. The van der Waals surface area contributed by atoms with E-state index in [0.29, 0.717) is 0 Å². The molecule has 0 aromatic carbocycles. The minimum atomic E-state index is -2.05. The van der Waals surface area contributed by atoms with E-state index in [1.165, 1.54) is 0 Å². The summed E-state index contributed by atoms with van der Waals surface area (Å²) in [6.45, 7) is 3.44. The number of hydrogen-bond donors (Lipinski definition) is 0. The van der Waals surface area contributed by atoms with Gasteiger partial charge in [-0.05, 0) is 0 Å². The van der Waals surface area contributed by atoms with Gasteiger partial charge in [0.15, 0.2) is 23.7 Å². The Morgan fingerprint density at radius 3 is 1.96 bits per heavy atom. The minimum absolute atomic E-state index is 0.0136. The molecule has 0 N–H and O–H groups in total. The third-order valence-corrected chi connectivity index (χ3v) is 3.61. The highest BCUT2D eigenvalue weighted by Crippen LogP contribution is 2.48. The molecule has 0 bridgehead atoms. The highest BCUT2D eigenvalue weighted by Gasteiger charge is 2.64. The largest absolute Gasteiger partial charge is 0.464 e. The first-order valence-corrected chi connectivity index (χ1v) is 7.46. The van der Waals surface area contributed by atoms with E-state index in [4.69, 9.17) is 18.9 Å². The number of halogens is 1. The van der Waals surface area contributed by atoms with Crippen LogP contribution in [0.3, 0.4) is 0 Å². The maximum Gasteiger partial charge on any atom is 0.303 e. The summed E-state index contributed by atoms with van der Waals surface area (Å²) in [5.41, 5.74) is -2.50. The molecule has 9 nitrogen and oxygen atoms in total. The van der Waals surface area contributed by atoms with E-state index in [-0.39, 0.29) is 6.33 Å². The molecular weight excluding hydrogens is 353 g/mol. The average Bonchev–Trinajstić information content (AvgIpc) is 2.74. The summed E-state index contributed by atoms with van der Waals surface area (Å²) >= 11 is 0. The predicted octanol–water partition coefficient (Wildman–Crippen LogP) is 0.722. The van der Waals surface area contributed by atoms with Gasteiger partial charge in [-0.25, -0.2) is 4.39 Å². The molecule has 4 atom stereocenters. The molecule has 142 valence electrons. The van der Waals surface area contributed by atoms with Gasteiger partial charge in [-0.3, -0.25) is 19.2 Å². The van der Waals surface area contributed by atoms with Crippen molar-refractivity contribution in [3.8, 4) is 6.07 Å². The molecule has 1 fully saturated rings. The Hall–Kier alpha value is -2.96. The normalized spacial score (nSPS) is 28.8. The topological polar surface area (TPSA) is 129 Å². The SMILES string of the molecule is CC(=O)OC[C@@]1(C#N)/C(=C/F)[C@H](OC(C)=O)[C@H](OC(C)=O)[C@@H]1OC(C)=O. The molecule has 0 radical (unpaired) electrons. The quantitative estimate of drug-likeness (QED) is 0.507. The highest BCUT2D eigenvalue weighted by molar-refractivity contribution is 5.70. The molecule has 0 aromatic rings. The summed E-state index contributed by atoms with van der Waals surface area (Å²) in [5.74, 6) is -3.34. The Morgan fingerprint density at radius 1 is 1.04 bits per heavy atom. The number of nitrogens with zero attached hydrogens (tertiary/aromatic N) is 1. The van der Waals surface area contributed by atoms with Crippen LogP contribution in [0.1, 0.15) is 27.7 Å². The third-order valence-electron chi connectivity index (χ3n) is 3.61. The lowest BCUT2D eigenvalue weighted by Crippen LogP contribution is -2.45. The summed E-state index contributed by atoms with van der Waals surface area (Å²) in [7, 11) is 0. The summed E-state index contributed by atoms with van der Waals surface area (Å²) in [6.07, 6.45) is -4.63. The Morgan fingerprint density at radius 2 is 1.58 bits per heavy atom. The van der Waals surface area contributed by atoms with E-state index in [2.05, 4.69) is 0 Å². The zero-order valence-corrected chi connectivity index (χ0v) is 14.6. The molecule has 1 aliphatic rings. The zero-order chi connectivity index (χ0) is 20.1. The number of nitriles is 1. The van der Waals surface area contributed by atoms with Crippen LogP contribution in [-0.4, -0.2) is 48.8 Å². The standard InChI is InChI=1S/C16H18FNO8/c1-8(19)23-7-16(6-18)12(5-17)13(24-9(2)20)14(25-10(3)21)15(16)26-11(4)22/h5,13-15H,7H2,1-4H3/b12-5+/t13-,14-,15-,16-/m0/s1. The Labute approximate surface area is 148 Å². The van der Waals surface area contributed by atoms with Gasteiger partial charge >= 0.3 is 23.9 Å².